The summed E-state index contributed by atoms with van der Waals surface area (Å²) in [5.74, 6) is 0.575. The molecule has 3 heterocycles. The molecule has 0 saturated carbocycles. The second kappa shape index (κ2) is 6.81. The Labute approximate surface area is 161 Å². The number of pyridine rings is 1. The minimum atomic E-state index is -0.423. The molecule has 28 heavy (non-hydrogen) atoms. The average Bonchev–Trinajstić information content (AvgIpc) is 3.05. The highest BCUT2D eigenvalue weighted by atomic mass is 16.6. The zero-order valence-corrected chi connectivity index (χ0v) is 15.1. The number of rotatable bonds is 3. The van der Waals surface area contributed by atoms with Gasteiger partial charge in [-0.1, -0.05) is 30.3 Å². The van der Waals surface area contributed by atoms with Crippen molar-refractivity contribution in [3.8, 4) is 17.0 Å². The number of aromatic amines is 1. The van der Waals surface area contributed by atoms with Crippen LogP contribution in [0.3, 0.4) is 0 Å². The van der Waals surface area contributed by atoms with E-state index in [2.05, 4.69) is 38.7 Å². The van der Waals surface area contributed by atoms with Gasteiger partial charge in [0.1, 0.15) is 11.4 Å². The van der Waals surface area contributed by atoms with Gasteiger partial charge in [-0.25, -0.2) is 4.79 Å². The highest BCUT2D eigenvalue weighted by Crippen LogP contribution is 2.33. The largest absolute Gasteiger partial charge is 0.412 e. The van der Waals surface area contributed by atoms with Crippen molar-refractivity contribution in [1.29, 1.82) is 0 Å². The van der Waals surface area contributed by atoms with E-state index in [0.29, 0.717) is 12.2 Å². The maximum atomic E-state index is 12.2. The van der Waals surface area contributed by atoms with Gasteiger partial charge in [-0.05, 0) is 42.2 Å². The summed E-state index contributed by atoms with van der Waals surface area (Å²) in [6.45, 7) is 0. The Kier molecular flexibility index (Phi) is 4.01. The number of nitrogens with zero attached hydrogens (tertiary/aromatic N) is 2. The molecule has 0 fully saturated rings. The Morgan fingerprint density at radius 3 is 2.71 bits per heavy atom. The fourth-order valence-electron chi connectivity index (χ4n) is 3.71. The summed E-state index contributed by atoms with van der Waals surface area (Å²) in [5.41, 5.74) is 4.86. The second-order valence-electron chi connectivity index (χ2n) is 6.94. The van der Waals surface area contributed by atoms with Crippen LogP contribution >= 0.6 is 0 Å². The maximum Gasteiger partial charge on any atom is 0.412 e. The van der Waals surface area contributed by atoms with Crippen molar-refractivity contribution in [2.24, 2.45) is 0 Å². The van der Waals surface area contributed by atoms with Crippen LogP contribution < -0.4 is 10.1 Å². The fourth-order valence-corrected chi connectivity index (χ4v) is 3.71. The van der Waals surface area contributed by atoms with Crippen molar-refractivity contribution >= 4 is 17.0 Å². The topological polar surface area (TPSA) is 79.9 Å². The standard InChI is InChI=1S/C22H18N4O2/c27-22-24-17(10-14-4-2-1-3-5-14)11-16-12-18-19(13-20(16)28-22)25-26-21(18)15-6-8-23-9-7-15/h1-9,12-13,17H,10-11H2,(H,24,27)(H,25,26). The van der Waals surface area contributed by atoms with Gasteiger partial charge in [-0.3, -0.25) is 10.1 Å². The predicted octanol–water partition coefficient (Wildman–Crippen LogP) is 3.88. The molecule has 0 aliphatic carbocycles. The van der Waals surface area contributed by atoms with E-state index in [1.807, 2.05) is 36.4 Å². The summed E-state index contributed by atoms with van der Waals surface area (Å²) in [5, 5.41) is 11.5. The summed E-state index contributed by atoms with van der Waals surface area (Å²) < 4.78 is 5.54. The molecule has 0 saturated heterocycles. The van der Waals surface area contributed by atoms with E-state index in [1.165, 1.54) is 5.56 Å². The first kappa shape index (κ1) is 16.5. The summed E-state index contributed by atoms with van der Waals surface area (Å²) in [6, 6.07) is 17.9. The molecule has 1 unspecified atom stereocenters. The van der Waals surface area contributed by atoms with Crippen LogP contribution in [0.5, 0.6) is 5.75 Å². The quantitative estimate of drug-likeness (QED) is 0.573. The van der Waals surface area contributed by atoms with Crippen LogP contribution in [0.15, 0.2) is 67.0 Å². The number of carbonyl (C=O) groups is 1. The van der Waals surface area contributed by atoms with Gasteiger partial charge in [-0.15, -0.1) is 0 Å². The van der Waals surface area contributed by atoms with E-state index in [9.17, 15) is 4.79 Å². The number of hydrogen-bond donors (Lipinski definition) is 2. The molecule has 2 aromatic carbocycles. The van der Waals surface area contributed by atoms with Gasteiger partial charge in [0.15, 0.2) is 0 Å². The van der Waals surface area contributed by atoms with Gasteiger partial charge in [0.25, 0.3) is 0 Å². The molecule has 1 atom stereocenters. The molecule has 2 aromatic heterocycles. The summed E-state index contributed by atoms with van der Waals surface area (Å²) in [7, 11) is 0. The molecular weight excluding hydrogens is 352 g/mol. The molecule has 4 aromatic rings. The Morgan fingerprint density at radius 2 is 1.89 bits per heavy atom. The molecule has 2 N–H and O–H groups in total. The molecule has 1 aliphatic rings. The summed E-state index contributed by atoms with van der Waals surface area (Å²) >= 11 is 0. The van der Waals surface area contributed by atoms with Gasteiger partial charge in [0.05, 0.1) is 5.52 Å². The summed E-state index contributed by atoms with van der Waals surface area (Å²) in [6.07, 6.45) is 4.51. The third-order valence-electron chi connectivity index (χ3n) is 5.01. The third kappa shape index (κ3) is 3.09. The minimum absolute atomic E-state index is 0.0372. The first-order valence-electron chi connectivity index (χ1n) is 9.20. The van der Waals surface area contributed by atoms with Gasteiger partial charge in [0.2, 0.25) is 0 Å². The van der Waals surface area contributed by atoms with Crippen molar-refractivity contribution in [3.63, 3.8) is 0 Å². The van der Waals surface area contributed by atoms with Crippen molar-refractivity contribution in [3.05, 3.63) is 78.1 Å². The summed E-state index contributed by atoms with van der Waals surface area (Å²) in [4.78, 5) is 16.3. The smallest absolute Gasteiger partial charge is 0.410 e. The number of aromatic nitrogens is 3. The van der Waals surface area contributed by atoms with E-state index < -0.39 is 6.09 Å². The van der Waals surface area contributed by atoms with E-state index >= 15 is 0 Å². The van der Waals surface area contributed by atoms with Gasteiger partial charge < -0.3 is 10.1 Å². The lowest BCUT2D eigenvalue weighted by Gasteiger charge is -2.14. The van der Waals surface area contributed by atoms with Crippen LogP contribution in [0.25, 0.3) is 22.2 Å². The van der Waals surface area contributed by atoms with Crippen LogP contribution in [-0.4, -0.2) is 27.3 Å². The number of H-pyrrole nitrogens is 1. The fraction of sp³-hybridized carbons (Fsp3) is 0.136. The monoisotopic (exact) mass is 370 g/mol. The van der Waals surface area contributed by atoms with Crippen LogP contribution in [0.2, 0.25) is 0 Å². The molecule has 138 valence electrons. The highest BCUT2D eigenvalue weighted by molar-refractivity contribution is 5.94. The van der Waals surface area contributed by atoms with Crippen molar-refractivity contribution < 1.29 is 9.53 Å². The van der Waals surface area contributed by atoms with Crippen molar-refractivity contribution in [2.75, 3.05) is 0 Å². The third-order valence-corrected chi connectivity index (χ3v) is 5.01. The molecule has 1 amide bonds. The number of ether oxygens (including phenoxy) is 1. The zero-order chi connectivity index (χ0) is 18.9. The number of benzene rings is 2. The lowest BCUT2D eigenvalue weighted by atomic mass is 9.97. The van der Waals surface area contributed by atoms with Gasteiger partial charge >= 0.3 is 6.09 Å². The number of amides is 1. The van der Waals surface area contributed by atoms with Crippen LogP contribution in [0.1, 0.15) is 11.1 Å². The highest BCUT2D eigenvalue weighted by Gasteiger charge is 2.24. The first-order chi connectivity index (χ1) is 13.8. The normalized spacial score (nSPS) is 16.1. The Hall–Kier alpha value is -3.67. The lowest BCUT2D eigenvalue weighted by molar-refractivity contribution is 0.199. The number of fused-ring (bicyclic) bond motifs is 2. The van der Waals surface area contributed by atoms with Crippen molar-refractivity contribution in [1.82, 2.24) is 20.5 Å². The lowest BCUT2D eigenvalue weighted by Crippen LogP contribution is -2.37. The molecule has 5 rings (SSSR count). The zero-order valence-electron chi connectivity index (χ0n) is 15.1. The first-order valence-corrected chi connectivity index (χ1v) is 9.20. The average molecular weight is 370 g/mol. The molecule has 0 spiro atoms. The molecular formula is C22H18N4O2. The Bertz CT molecular complexity index is 1140. The van der Waals surface area contributed by atoms with Crippen LogP contribution in [-0.2, 0) is 12.8 Å². The van der Waals surface area contributed by atoms with Gasteiger partial charge in [-0.2, -0.15) is 5.10 Å². The maximum absolute atomic E-state index is 12.2. The SMILES string of the molecule is O=C1NC(Cc2ccccc2)Cc2cc3c(-c4ccncc4)n[nH]c3cc2O1. The van der Waals surface area contributed by atoms with E-state index in [4.69, 9.17) is 4.74 Å². The molecule has 0 bridgehead atoms. The number of nitrogens with one attached hydrogen (secondary N) is 2. The number of carbonyl (C=O) groups excluding carboxylic acids is 1. The molecule has 6 heteroatoms. The predicted molar refractivity (Wildman–Crippen MR) is 106 cm³/mol. The minimum Gasteiger partial charge on any atom is -0.410 e. The molecule has 6 nitrogen and oxygen atoms in total. The Balaban J connectivity index is 1.54. The molecule has 1 aliphatic heterocycles. The van der Waals surface area contributed by atoms with Crippen LogP contribution in [0, 0.1) is 0 Å². The van der Waals surface area contributed by atoms with Gasteiger partial charge in [0, 0.05) is 35.5 Å². The van der Waals surface area contributed by atoms with E-state index in [-0.39, 0.29) is 6.04 Å². The van der Waals surface area contributed by atoms with E-state index in [0.717, 1.165) is 34.1 Å². The van der Waals surface area contributed by atoms with Crippen molar-refractivity contribution in [2.45, 2.75) is 18.9 Å². The second-order valence-corrected chi connectivity index (χ2v) is 6.94. The molecule has 0 radical (unpaired) electrons. The number of hydrogen-bond acceptors (Lipinski definition) is 4. The van der Waals surface area contributed by atoms with E-state index in [1.54, 1.807) is 12.4 Å². The Morgan fingerprint density at radius 1 is 1.07 bits per heavy atom. The van der Waals surface area contributed by atoms with Crippen LogP contribution in [0.4, 0.5) is 4.79 Å².